The number of nitrogens with zero attached hydrogens (tertiary/aromatic N) is 2. The minimum atomic E-state index is -0.266. The maximum absolute atomic E-state index is 12.7. The molecule has 2 aromatic heterocycles. The summed E-state index contributed by atoms with van der Waals surface area (Å²) >= 11 is 7.88. The van der Waals surface area contributed by atoms with Crippen LogP contribution in [0.3, 0.4) is 0 Å². The van der Waals surface area contributed by atoms with Crippen LogP contribution in [0.15, 0.2) is 54.2 Å². The molecule has 0 unspecified atom stereocenters. The molecule has 5 rings (SSSR count). The van der Waals surface area contributed by atoms with Crippen LogP contribution < -0.4 is 14.8 Å². The van der Waals surface area contributed by atoms with Crippen molar-refractivity contribution < 1.29 is 14.3 Å². The van der Waals surface area contributed by atoms with Crippen LogP contribution >= 0.6 is 22.9 Å². The number of anilines is 1. The van der Waals surface area contributed by atoms with E-state index in [0.29, 0.717) is 41.0 Å². The second-order valence-corrected chi connectivity index (χ2v) is 7.87. The van der Waals surface area contributed by atoms with E-state index in [1.165, 1.54) is 0 Å². The number of rotatable bonds is 3. The number of aromatic nitrogens is 2. The number of ether oxygens (including phenoxy) is 2. The van der Waals surface area contributed by atoms with Crippen LogP contribution in [-0.4, -0.2) is 28.5 Å². The first-order valence-electron chi connectivity index (χ1n) is 9.10. The molecule has 1 amide bonds. The summed E-state index contributed by atoms with van der Waals surface area (Å²) < 4.78 is 13.3. The van der Waals surface area contributed by atoms with Gasteiger partial charge < -0.3 is 14.8 Å². The lowest BCUT2D eigenvalue weighted by atomic mass is 10.1. The van der Waals surface area contributed by atoms with Gasteiger partial charge in [0.1, 0.15) is 0 Å². The fourth-order valence-electron chi connectivity index (χ4n) is 3.16. The Hall–Kier alpha value is -3.03. The molecule has 1 aliphatic heterocycles. The summed E-state index contributed by atoms with van der Waals surface area (Å²) in [5.41, 5.74) is 2.97. The Balaban J connectivity index is 1.35. The second kappa shape index (κ2) is 7.42. The van der Waals surface area contributed by atoms with E-state index in [1.54, 1.807) is 23.5 Å². The van der Waals surface area contributed by atoms with Gasteiger partial charge in [0.15, 0.2) is 16.5 Å². The van der Waals surface area contributed by atoms with Crippen molar-refractivity contribution in [2.24, 2.45) is 0 Å². The van der Waals surface area contributed by atoms with Crippen molar-refractivity contribution in [2.45, 2.75) is 6.42 Å². The lowest BCUT2D eigenvalue weighted by Gasteiger charge is -2.12. The summed E-state index contributed by atoms with van der Waals surface area (Å²) in [4.78, 5) is 18.2. The summed E-state index contributed by atoms with van der Waals surface area (Å²) in [7, 11) is 0. The number of halogens is 1. The van der Waals surface area contributed by atoms with Gasteiger partial charge in [0.05, 0.1) is 23.9 Å². The highest BCUT2D eigenvalue weighted by Gasteiger charge is 2.18. The molecule has 0 aliphatic carbocycles. The van der Waals surface area contributed by atoms with Crippen molar-refractivity contribution in [2.75, 3.05) is 18.5 Å². The van der Waals surface area contributed by atoms with E-state index in [4.69, 9.17) is 21.1 Å². The molecule has 0 fully saturated rings. The zero-order valence-corrected chi connectivity index (χ0v) is 16.8. The molecule has 0 saturated heterocycles. The van der Waals surface area contributed by atoms with Crippen LogP contribution in [-0.2, 0) is 0 Å². The van der Waals surface area contributed by atoms with E-state index >= 15 is 0 Å². The molecule has 0 spiro atoms. The third-order valence-corrected chi connectivity index (χ3v) is 5.65. The van der Waals surface area contributed by atoms with Gasteiger partial charge >= 0.3 is 0 Å². The van der Waals surface area contributed by atoms with Crippen molar-refractivity contribution >= 4 is 39.5 Å². The van der Waals surface area contributed by atoms with Crippen molar-refractivity contribution in [1.29, 1.82) is 0 Å². The lowest BCUT2D eigenvalue weighted by Crippen LogP contribution is -2.12. The maximum Gasteiger partial charge on any atom is 0.255 e. The predicted molar refractivity (Wildman–Crippen MR) is 114 cm³/mol. The number of imidazole rings is 1. The minimum absolute atomic E-state index is 0.266. The highest BCUT2D eigenvalue weighted by molar-refractivity contribution is 7.15. The number of carbonyl (C=O) groups is 1. The van der Waals surface area contributed by atoms with E-state index in [9.17, 15) is 4.79 Å². The summed E-state index contributed by atoms with van der Waals surface area (Å²) in [6.45, 7) is 1.07. The largest absolute Gasteiger partial charge is 0.489 e. The molecule has 6 nitrogen and oxygen atoms in total. The third kappa shape index (κ3) is 3.54. The van der Waals surface area contributed by atoms with E-state index in [1.807, 2.05) is 46.4 Å². The van der Waals surface area contributed by atoms with Gasteiger partial charge in [-0.15, -0.1) is 11.3 Å². The lowest BCUT2D eigenvalue weighted by molar-refractivity contribution is 0.102. The molecule has 1 N–H and O–H groups in total. The van der Waals surface area contributed by atoms with Gasteiger partial charge in [0.2, 0.25) is 0 Å². The second-order valence-electron chi connectivity index (χ2n) is 6.59. The van der Waals surface area contributed by atoms with Crippen molar-refractivity contribution in [3.8, 4) is 22.8 Å². The fraction of sp³-hybridized carbons (Fsp3) is 0.143. The Bertz CT molecular complexity index is 1170. The zero-order valence-electron chi connectivity index (χ0n) is 15.2. The Morgan fingerprint density at radius 3 is 2.83 bits per heavy atom. The maximum atomic E-state index is 12.7. The molecular formula is C21H16ClN3O3S. The van der Waals surface area contributed by atoms with Gasteiger partial charge in [-0.05, 0) is 24.3 Å². The first kappa shape index (κ1) is 18.0. The number of nitrogens with one attached hydrogen (secondary N) is 1. The molecular weight excluding hydrogens is 410 g/mol. The standard InChI is InChI=1S/C21H16ClN3O3S/c22-16-10-14(11-18-19(16)28-8-1-7-27-18)20(26)23-15-4-2-13(3-5-15)17-12-25-6-9-29-21(25)24-17/h2-6,9-12H,1,7-8H2,(H,23,26). The summed E-state index contributed by atoms with van der Waals surface area (Å²) in [6.07, 6.45) is 4.73. The van der Waals surface area contributed by atoms with Crippen molar-refractivity contribution in [3.05, 3.63) is 64.8 Å². The van der Waals surface area contributed by atoms with Crippen LogP contribution in [0.25, 0.3) is 16.2 Å². The molecule has 8 heteroatoms. The third-order valence-electron chi connectivity index (χ3n) is 4.60. The van der Waals surface area contributed by atoms with E-state index in [0.717, 1.165) is 22.6 Å². The van der Waals surface area contributed by atoms with E-state index in [2.05, 4.69) is 10.3 Å². The molecule has 146 valence electrons. The fourth-order valence-corrected chi connectivity index (χ4v) is 4.12. The van der Waals surface area contributed by atoms with E-state index in [-0.39, 0.29) is 5.91 Å². The molecule has 0 atom stereocenters. The van der Waals surface area contributed by atoms with Gasteiger partial charge in [-0.1, -0.05) is 23.7 Å². The average molecular weight is 426 g/mol. The van der Waals surface area contributed by atoms with Crippen molar-refractivity contribution in [1.82, 2.24) is 9.38 Å². The van der Waals surface area contributed by atoms with Crippen LogP contribution in [0.5, 0.6) is 11.5 Å². The summed E-state index contributed by atoms with van der Waals surface area (Å²) in [5, 5.41) is 5.25. The molecule has 0 saturated carbocycles. The number of fused-ring (bicyclic) bond motifs is 2. The number of hydrogen-bond acceptors (Lipinski definition) is 5. The number of amides is 1. The van der Waals surface area contributed by atoms with Crippen LogP contribution in [0, 0.1) is 0 Å². The SMILES string of the molecule is O=C(Nc1ccc(-c2cn3ccsc3n2)cc1)c1cc(Cl)c2c(c1)OCCCO2. The Morgan fingerprint density at radius 1 is 1.17 bits per heavy atom. The quantitative estimate of drug-likeness (QED) is 0.494. The Labute approximate surface area is 175 Å². The monoisotopic (exact) mass is 425 g/mol. The molecule has 3 heterocycles. The Kier molecular flexibility index (Phi) is 4.61. The topological polar surface area (TPSA) is 64.9 Å². The zero-order chi connectivity index (χ0) is 19.8. The molecule has 4 aromatic rings. The number of benzene rings is 2. The smallest absolute Gasteiger partial charge is 0.255 e. The van der Waals surface area contributed by atoms with Crippen molar-refractivity contribution in [3.63, 3.8) is 0 Å². The minimum Gasteiger partial charge on any atom is -0.489 e. The molecule has 29 heavy (non-hydrogen) atoms. The molecule has 0 bridgehead atoms. The first-order chi connectivity index (χ1) is 14.2. The van der Waals surface area contributed by atoms with Gasteiger partial charge in [-0.3, -0.25) is 9.20 Å². The Morgan fingerprint density at radius 2 is 2.00 bits per heavy atom. The van der Waals surface area contributed by atoms with Crippen LogP contribution in [0.2, 0.25) is 5.02 Å². The van der Waals surface area contributed by atoms with Gasteiger partial charge in [0.25, 0.3) is 5.91 Å². The number of thiazole rings is 1. The van der Waals surface area contributed by atoms with Gasteiger partial charge in [-0.25, -0.2) is 4.98 Å². The van der Waals surface area contributed by atoms with Crippen LogP contribution in [0.1, 0.15) is 16.8 Å². The molecule has 1 aliphatic rings. The van der Waals surface area contributed by atoms with Gasteiger partial charge in [0, 0.05) is 41.0 Å². The summed E-state index contributed by atoms with van der Waals surface area (Å²) in [5.74, 6) is 0.720. The summed E-state index contributed by atoms with van der Waals surface area (Å²) in [6, 6.07) is 10.8. The van der Waals surface area contributed by atoms with E-state index < -0.39 is 0 Å². The van der Waals surface area contributed by atoms with Crippen LogP contribution in [0.4, 0.5) is 5.69 Å². The highest BCUT2D eigenvalue weighted by atomic mass is 35.5. The number of hydrogen-bond donors (Lipinski definition) is 1. The predicted octanol–water partition coefficient (Wildman–Crippen LogP) is 5.13. The first-order valence-corrected chi connectivity index (χ1v) is 10.4. The van der Waals surface area contributed by atoms with Gasteiger partial charge in [-0.2, -0.15) is 0 Å². The molecule has 2 aromatic carbocycles. The highest BCUT2D eigenvalue weighted by Crippen LogP contribution is 2.38. The normalized spacial score (nSPS) is 13.3. The molecule has 0 radical (unpaired) electrons. The number of carbonyl (C=O) groups excluding carboxylic acids is 1. The average Bonchev–Trinajstić information content (AvgIpc) is 3.23.